The molecule has 1 N–H and O–H groups in total. The molecule has 1 aromatic rings. The van der Waals surface area contributed by atoms with Crippen LogP contribution >= 0.6 is 0 Å². The van der Waals surface area contributed by atoms with E-state index in [9.17, 15) is 4.39 Å². The summed E-state index contributed by atoms with van der Waals surface area (Å²) in [6, 6.07) is 5.71. The molecule has 0 aromatic heterocycles. The Morgan fingerprint density at radius 3 is 2.47 bits per heavy atom. The normalized spacial score (nSPS) is 15.9. The van der Waals surface area contributed by atoms with E-state index in [1.165, 1.54) is 13.5 Å². The zero-order valence-electron chi connectivity index (χ0n) is 12.7. The lowest BCUT2D eigenvalue weighted by Crippen LogP contribution is -2.30. The average molecular weight is 267 g/mol. The van der Waals surface area contributed by atoms with Gasteiger partial charge >= 0.3 is 0 Å². The van der Waals surface area contributed by atoms with E-state index in [-0.39, 0.29) is 11.9 Å². The Hall–Kier alpha value is -1.09. The summed E-state index contributed by atoms with van der Waals surface area (Å²) in [5, 5.41) is 3.52. The fourth-order valence-corrected chi connectivity index (χ4v) is 2.31. The molecule has 0 aliphatic rings. The number of hydrogen-bond acceptors (Lipinski definition) is 2. The standard InChI is InChI=1S/C16H26FNO/c1-6-11(2)9-12(3)18-13(4)14-7-8-16(19-5)15(17)10-14/h7-8,10-13,18H,6,9H2,1-5H3. The molecular weight excluding hydrogens is 241 g/mol. The molecule has 0 aliphatic carbocycles. The third-order valence-electron chi connectivity index (χ3n) is 3.66. The fraction of sp³-hybridized carbons (Fsp3) is 0.625. The molecular formula is C16H26FNO. The van der Waals surface area contributed by atoms with Crippen LogP contribution in [0.3, 0.4) is 0 Å². The molecule has 3 unspecified atom stereocenters. The highest BCUT2D eigenvalue weighted by molar-refractivity contribution is 5.30. The minimum Gasteiger partial charge on any atom is -0.494 e. The van der Waals surface area contributed by atoms with Gasteiger partial charge in [0.2, 0.25) is 0 Å². The maximum atomic E-state index is 13.7. The largest absolute Gasteiger partial charge is 0.494 e. The summed E-state index contributed by atoms with van der Waals surface area (Å²) in [4.78, 5) is 0. The zero-order valence-corrected chi connectivity index (χ0v) is 12.7. The molecule has 0 aliphatic heterocycles. The lowest BCUT2D eigenvalue weighted by Gasteiger charge is -2.23. The van der Waals surface area contributed by atoms with Crippen molar-refractivity contribution < 1.29 is 9.13 Å². The molecule has 0 spiro atoms. The Morgan fingerprint density at radius 1 is 1.26 bits per heavy atom. The third-order valence-corrected chi connectivity index (χ3v) is 3.66. The highest BCUT2D eigenvalue weighted by Crippen LogP contribution is 2.22. The van der Waals surface area contributed by atoms with Crippen LogP contribution in [-0.2, 0) is 0 Å². The first-order chi connectivity index (χ1) is 8.97. The molecule has 0 heterocycles. The van der Waals surface area contributed by atoms with Crippen molar-refractivity contribution in [3.63, 3.8) is 0 Å². The van der Waals surface area contributed by atoms with E-state index in [1.54, 1.807) is 12.1 Å². The number of hydrogen-bond donors (Lipinski definition) is 1. The first-order valence-corrected chi connectivity index (χ1v) is 7.07. The third kappa shape index (κ3) is 4.83. The molecule has 0 bridgehead atoms. The summed E-state index contributed by atoms with van der Waals surface area (Å²) >= 11 is 0. The quantitative estimate of drug-likeness (QED) is 0.795. The Bertz CT molecular complexity index is 394. The molecule has 3 atom stereocenters. The van der Waals surface area contributed by atoms with Gasteiger partial charge in [0, 0.05) is 12.1 Å². The minimum atomic E-state index is -0.303. The van der Waals surface area contributed by atoms with Crippen molar-refractivity contribution in [2.24, 2.45) is 5.92 Å². The van der Waals surface area contributed by atoms with Gasteiger partial charge in [0.05, 0.1) is 7.11 Å². The van der Waals surface area contributed by atoms with Gasteiger partial charge in [-0.1, -0.05) is 26.3 Å². The fourth-order valence-electron chi connectivity index (χ4n) is 2.31. The molecule has 1 rings (SSSR count). The van der Waals surface area contributed by atoms with Crippen LogP contribution in [0, 0.1) is 11.7 Å². The summed E-state index contributed by atoms with van der Waals surface area (Å²) < 4.78 is 18.6. The van der Waals surface area contributed by atoms with Crippen LogP contribution in [-0.4, -0.2) is 13.2 Å². The molecule has 0 radical (unpaired) electrons. The Labute approximate surface area is 116 Å². The summed E-state index contributed by atoms with van der Waals surface area (Å²) in [5.74, 6) is 0.703. The molecule has 0 saturated heterocycles. The van der Waals surface area contributed by atoms with E-state index >= 15 is 0 Å². The van der Waals surface area contributed by atoms with Gasteiger partial charge in [-0.2, -0.15) is 0 Å². The number of benzene rings is 1. The van der Waals surface area contributed by atoms with Crippen molar-refractivity contribution in [2.75, 3.05) is 7.11 Å². The lowest BCUT2D eigenvalue weighted by molar-refractivity contribution is 0.378. The number of methoxy groups -OCH3 is 1. The molecule has 0 saturated carbocycles. The number of rotatable bonds is 7. The first-order valence-electron chi connectivity index (χ1n) is 7.07. The predicted octanol–water partition coefficient (Wildman–Crippen LogP) is 4.31. The van der Waals surface area contributed by atoms with E-state index in [0.717, 1.165) is 12.0 Å². The van der Waals surface area contributed by atoms with Gasteiger partial charge in [-0.25, -0.2) is 4.39 Å². The lowest BCUT2D eigenvalue weighted by atomic mass is 9.99. The van der Waals surface area contributed by atoms with Crippen molar-refractivity contribution in [1.82, 2.24) is 5.32 Å². The summed E-state index contributed by atoms with van der Waals surface area (Å²) in [6.45, 7) is 8.71. The monoisotopic (exact) mass is 267 g/mol. The minimum absolute atomic E-state index is 0.138. The van der Waals surface area contributed by atoms with Crippen LogP contribution in [0.4, 0.5) is 4.39 Å². The van der Waals surface area contributed by atoms with Crippen molar-refractivity contribution in [3.8, 4) is 5.75 Å². The topological polar surface area (TPSA) is 21.3 Å². The summed E-state index contributed by atoms with van der Waals surface area (Å²) in [7, 11) is 1.48. The average Bonchev–Trinajstić information content (AvgIpc) is 2.38. The highest BCUT2D eigenvalue weighted by Gasteiger charge is 2.13. The SMILES string of the molecule is CCC(C)CC(C)NC(C)c1ccc(OC)c(F)c1. The molecule has 0 fully saturated rings. The maximum Gasteiger partial charge on any atom is 0.165 e. The number of halogens is 1. The van der Waals surface area contributed by atoms with Crippen molar-refractivity contribution in [3.05, 3.63) is 29.6 Å². The van der Waals surface area contributed by atoms with Crippen LogP contribution in [0.15, 0.2) is 18.2 Å². The molecule has 1 aromatic carbocycles. The second-order valence-corrected chi connectivity index (χ2v) is 5.43. The number of ether oxygens (including phenoxy) is 1. The van der Waals surface area contributed by atoms with Crippen LogP contribution in [0.25, 0.3) is 0 Å². The van der Waals surface area contributed by atoms with Crippen LogP contribution in [0.2, 0.25) is 0 Å². The van der Waals surface area contributed by atoms with Gasteiger partial charge in [-0.15, -0.1) is 0 Å². The molecule has 0 amide bonds. The first kappa shape index (κ1) is 16.0. The Kier molecular flexibility index (Phi) is 6.29. The van der Waals surface area contributed by atoms with Gasteiger partial charge in [-0.05, 0) is 43.9 Å². The van der Waals surface area contributed by atoms with Gasteiger partial charge in [0.1, 0.15) is 0 Å². The van der Waals surface area contributed by atoms with E-state index < -0.39 is 0 Å². The second-order valence-electron chi connectivity index (χ2n) is 5.43. The predicted molar refractivity (Wildman–Crippen MR) is 78.0 cm³/mol. The van der Waals surface area contributed by atoms with Crippen LogP contribution < -0.4 is 10.1 Å². The van der Waals surface area contributed by atoms with Gasteiger partial charge in [-0.3, -0.25) is 0 Å². The van der Waals surface area contributed by atoms with E-state index in [4.69, 9.17) is 4.74 Å². The zero-order chi connectivity index (χ0) is 14.4. The number of nitrogens with one attached hydrogen (secondary N) is 1. The highest BCUT2D eigenvalue weighted by atomic mass is 19.1. The van der Waals surface area contributed by atoms with Crippen LogP contribution in [0.1, 0.15) is 52.1 Å². The molecule has 2 nitrogen and oxygen atoms in total. The maximum absolute atomic E-state index is 13.7. The Morgan fingerprint density at radius 2 is 1.95 bits per heavy atom. The summed E-state index contributed by atoms with van der Waals surface area (Å²) in [6.07, 6.45) is 2.33. The molecule has 3 heteroatoms. The van der Waals surface area contributed by atoms with Crippen molar-refractivity contribution >= 4 is 0 Å². The van der Waals surface area contributed by atoms with E-state index in [1.807, 2.05) is 6.07 Å². The van der Waals surface area contributed by atoms with Crippen molar-refractivity contribution in [1.29, 1.82) is 0 Å². The van der Waals surface area contributed by atoms with Crippen LogP contribution in [0.5, 0.6) is 5.75 Å². The smallest absolute Gasteiger partial charge is 0.165 e. The summed E-state index contributed by atoms with van der Waals surface area (Å²) in [5.41, 5.74) is 0.953. The van der Waals surface area contributed by atoms with E-state index in [2.05, 4.69) is 33.0 Å². The molecule has 108 valence electrons. The van der Waals surface area contributed by atoms with Gasteiger partial charge in [0.25, 0.3) is 0 Å². The van der Waals surface area contributed by atoms with E-state index in [0.29, 0.717) is 17.7 Å². The second kappa shape index (κ2) is 7.49. The van der Waals surface area contributed by atoms with Crippen molar-refractivity contribution in [2.45, 2.75) is 52.6 Å². The molecule has 19 heavy (non-hydrogen) atoms. The van der Waals surface area contributed by atoms with Gasteiger partial charge < -0.3 is 10.1 Å². The Balaban J connectivity index is 2.62. The van der Waals surface area contributed by atoms with Gasteiger partial charge in [0.15, 0.2) is 11.6 Å².